The Kier molecular flexibility index (Phi) is 4.69. The zero-order valence-electron chi connectivity index (χ0n) is 15.7. The van der Waals surface area contributed by atoms with E-state index in [1.54, 1.807) is 43.8 Å². The lowest BCUT2D eigenvalue weighted by molar-refractivity contribution is 0.0746. The molecule has 1 N–H and O–H groups in total. The fourth-order valence-corrected chi connectivity index (χ4v) is 3.54. The van der Waals surface area contributed by atoms with Gasteiger partial charge in [-0.15, -0.1) is 11.8 Å². The van der Waals surface area contributed by atoms with Gasteiger partial charge in [-0.1, -0.05) is 24.3 Å². The minimum atomic E-state index is -1.31. The standard InChI is InChI=1S/C22H19FN2O2S/c1-22(2,26)16-6-4-5-15(19(16)23)20-21-17(24-12-25-20)11-18(27-21)13-7-9-14(28-3)10-8-13/h4-12,26H,1-3H3. The summed E-state index contributed by atoms with van der Waals surface area (Å²) in [6, 6.07) is 14.7. The number of hydrogen-bond acceptors (Lipinski definition) is 5. The Labute approximate surface area is 166 Å². The number of aromatic nitrogens is 2. The summed E-state index contributed by atoms with van der Waals surface area (Å²) in [7, 11) is 0. The molecule has 0 fully saturated rings. The van der Waals surface area contributed by atoms with Gasteiger partial charge in [-0.25, -0.2) is 14.4 Å². The van der Waals surface area contributed by atoms with Crippen molar-refractivity contribution in [1.29, 1.82) is 0 Å². The molecule has 0 radical (unpaired) electrons. The van der Waals surface area contributed by atoms with Crippen LogP contribution in [0.4, 0.5) is 4.39 Å². The third kappa shape index (κ3) is 3.30. The van der Waals surface area contributed by atoms with E-state index < -0.39 is 11.4 Å². The molecule has 0 saturated carbocycles. The Balaban J connectivity index is 1.87. The number of rotatable bonds is 4. The normalized spacial score (nSPS) is 11.9. The van der Waals surface area contributed by atoms with Crippen LogP contribution in [0.1, 0.15) is 19.4 Å². The number of thioether (sulfide) groups is 1. The van der Waals surface area contributed by atoms with Crippen molar-refractivity contribution >= 4 is 22.9 Å². The lowest BCUT2D eigenvalue weighted by Gasteiger charge is -2.19. The molecule has 2 aromatic heterocycles. The zero-order valence-corrected chi connectivity index (χ0v) is 16.5. The molecule has 0 bridgehead atoms. The molecular formula is C22H19FN2O2S. The van der Waals surface area contributed by atoms with Crippen molar-refractivity contribution < 1.29 is 13.9 Å². The van der Waals surface area contributed by atoms with Gasteiger partial charge in [0.05, 0.1) is 5.60 Å². The first-order valence-electron chi connectivity index (χ1n) is 8.79. The van der Waals surface area contributed by atoms with Crippen molar-refractivity contribution in [2.24, 2.45) is 0 Å². The molecule has 0 aliphatic rings. The summed E-state index contributed by atoms with van der Waals surface area (Å²) in [4.78, 5) is 9.69. The Bertz CT molecular complexity index is 1150. The van der Waals surface area contributed by atoms with Crippen molar-refractivity contribution in [3.8, 4) is 22.6 Å². The number of furan rings is 1. The molecule has 0 aliphatic carbocycles. The van der Waals surface area contributed by atoms with E-state index in [2.05, 4.69) is 9.97 Å². The van der Waals surface area contributed by atoms with Gasteiger partial charge >= 0.3 is 0 Å². The second kappa shape index (κ2) is 7.04. The summed E-state index contributed by atoms with van der Waals surface area (Å²) in [6.45, 7) is 3.10. The van der Waals surface area contributed by atoms with Gasteiger partial charge < -0.3 is 9.52 Å². The fraction of sp³-hybridized carbons (Fsp3) is 0.182. The van der Waals surface area contributed by atoms with Crippen molar-refractivity contribution in [3.63, 3.8) is 0 Å². The summed E-state index contributed by atoms with van der Waals surface area (Å²) in [5, 5.41) is 10.3. The van der Waals surface area contributed by atoms with Crippen molar-refractivity contribution in [3.05, 3.63) is 66.2 Å². The minimum Gasteiger partial charge on any atom is -0.452 e. The first-order chi connectivity index (χ1) is 13.4. The first kappa shape index (κ1) is 18.7. The summed E-state index contributed by atoms with van der Waals surface area (Å²) in [6.07, 6.45) is 3.42. The van der Waals surface area contributed by atoms with Gasteiger partial charge in [0.2, 0.25) is 0 Å². The number of hydrogen-bond donors (Lipinski definition) is 1. The van der Waals surface area contributed by atoms with Crippen molar-refractivity contribution in [2.45, 2.75) is 24.3 Å². The molecule has 4 rings (SSSR count). The third-order valence-electron chi connectivity index (χ3n) is 4.60. The summed E-state index contributed by atoms with van der Waals surface area (Å²) in [5.41, 5.74) is 1.45. The molecule has 4 aromatic rings. The third-order valence-corrected chi connectivity index (χ3v) is 5.34. The molecule has 0 saturated heterocycles. The van der Waals surface area contributed by atoms with E-state index in [1.165, 1.54) is 6.33 Å². The SMILES string of the molecule is CSc1ccc(-c2cc3ncnc(-c4cccc(C(C)(C)O)c4F)c3o2)cc1. The second-order valence-electron chi connectivity index (χ2n) is 7.00. The van der Waals surface area contributed by atoms with E-state index in [4.69, 9.17) is 4.42 Å². The Morgan fingerprint density at radius 2 is 1.82 bits per heavy atom. The van der Waals surface area contributed by atoms with Gasteiger partial charge in [0.25, 0.3) is 0 Å². The van der Waals surface area contributed by atoms with Crippen LogP contribution in [0.15, 0.2) is 64.2 Å². The maximum absolute atomic E-state index is 15.1. The van der Waals surface area contributed by atoms with Crippen molar-refractivity contribution in [1.82, 2.24) is 9.97 Å². The molecule has 0 aliphatic heterocycles. The molecule has 142 valence electrons. The largest absolute Gasteiger partial charge is 0.452 e. The molecule has 6 heteroatoms. The molecule has 2 heterocycles. The predicted octanol–water partition coefficient (Wildman–Crippen LogP) is 5.65. The van der Waals surface area contributed by atoms with Crippen LogP contribution < -0.4 is 0 Å². The Morgan fingerprint density at radius 1 is 1.07 bits per heavy atom. The van der Waals surface area contributed by atoms with Crippen LogP contribution in [0.25, 0.3) is 33.7 Å². The molecule has 4 nitrogen and oxygen atoms in total. The molecule has 0 amide bonds. The van der Waals surface area contributed by atoms with Crippen LogP contribution in [-0.2, 0) is 5.60 Å². The average Bonchev–Trinajstić information content (AvgIpc) is 3.12. The van der Waals surface area contributed by atoms with Crippen LogP contribution in [0.3, 0.4) is 0 Å². The van der Waals surface area contributed by atoms with Gasteiger partial charge in [0.15, 0.2) is 5.58 Å². The van der Waals surface area contributed by atoms with E-state index in [0.29, 0.717) is 22.6 Å². The zero-order chi connectivity index (χ0) is 19.9. The summed E-state index contributed by atoms with van der Waals surface area (Å²) < 4.78 is 21.2. The van der Waals surface area contributed by atoms with E-state index in [0.717, 1.165) is 10.5 Å². The minimum absolute atomic E-state index is 0.205. The lowest BCUT2D eigenvalue weighted by atomic mass is 9.94. The molecule has 28 heavy (non-hydrogen) atoms. The van der Waals surface area contributed by atoms with Gasteiger partial charge in [-0.3, -0.25) is 0 Å². The van der Waals surface area contributed by atoms with Gasteiger partial charge in [0.1, 0.15) is 29.1 Å². The smallest absolute Gasteiger partial charge is 0.179 e. The second-order valence-corrected chi connectivity index (χ2v) is 7.88. The number of aliphatic hydroxyl groups is 1. The highest BCUT2D eigenvalue weighted by Gasteiger charge is 2.24. The molecule has 0 spiro atoms. The lowest BCUT2D eigenvalue weighted by Crippen LogP contribution is -2.18. The van der Waals surface area contributed by atoms with E-state index in [9.17, 15) is 5.11 Å². The number of nitrogens with zero attached hydrogens (tertiary/aromatic N) is 2. The van der Waals surface area contributed by atoms with Crippen LogP contribution in [0, 0.1) is 5.82 Å². The number of benzene rings is 2. The highest BCUT2D eigenvalue weighted by Crippen LogP contribution is 2.36. The highest BCUT2D eigenvalue weighted by molar-refractivity contribution is 7.98. The average molecular weight is 394 g/mol. The van der Waals surface area contributed by atoms with Gasteiger partial charge in [-0.2, -0.15) is 0 Å². The van der Waals surface area contributed by atoms with E-state index in [1.807, 2.05) is 36.6 Å². The number of fused-ring (bicyclic) bond motifs is 1. The van der Waals surface area contributed by atoms with Gasteiger partial charge in [0, 0.05) is 27.7 Å². The van der Waals surface area contributed by atoms with E-state index in [-0.39, 0.29) is 11.1 Å². The Morgan fingerprint density at radius 3 is 2.50 bits per heavy atom. The van der Waals surface area contributed by atoms with Gasteiger partial charge in [-0.05, 0) is 38.3 Å². The first-order valence-corrected chi connectivity index (χ1v) is 10.0. The van der Waals surface area contributed by atoms with E-state index >= 15 is 4.39 Å². The topological polar surface area (TPSA) is 59.2 Å². The van der Waals surface area contributed by atoms with Crippen molar-refractivity contribution in [2.75, 3.05) is 6.26 Å². The van der Waals surface area contributed by atoms with Crippen LogP contribution in [-0.4, -0.2) is 21.3 Å². The fourth-order valence-electron chi connectivity index (χ4n) is 3.13. The molecular weight excluding hydrogens is 375 g/mol. The molecule has 0 atom stereocenters. The van der Waals surface area contributed by atoms with Crippen LogP contribution in [0.5, 0.6) is 0 Å². The maximum Gasteiger partial charge on any atom is 0.179 e. The summed E-state index contributed by atoms with van der Waals surface area (Å²) in [5.74, 6) is 0.126. The Hall–Kier alpha value is -2.70. The summed E-state index contributed by atoms with van der Waals surface area (Å²) >= 11 is 1.67. The maximum atomic E-state index is 15.1. The molecule has 0 unspecified atom stereocenters. The molecule has 2 aromatic carbocycles. The predicted molar refractivity (Wildman–Crippen MR) is 110 cm³/mol. The highest BCUT2D eigenvalue weighted by atomic mass is 32.2. The van der Waals surface area contributed by atoms with Crippen LogP contribution >= 0.6 is 11.8 Å². The monoisotopic (exact) mass is 394 g/mol. The quantitative estimate of drug-likeness (QED) is 0.454. The number of halogens is 1. The van der Waals surface area contributed by atoms with Crippen LogP contribution in [0.2, 0.25) is 0 Å².